The van der Waals surface area contributed by atoms with E-state index in [9.17, 15) is 15.3 Å². The Morgan fingerprint density at radius 1 is 1.00 bits per heavy atom. The van der Waals surface area contributed by atoms with Gasteiger partial charge in [-0.2, -0.15) is 0 Å². The van der Waals surface area contributed by atoms with Gasteiger partial charge in [0.1, 0.15) is 24.4 Å². The summed E-state index contributed by atoms with van der Waals surface area (Å²) in [5.41, 5.74) is 0.902. The average molecular weight is 352 g/mol. The number of halogens is 2. The van der Waals surface area contributed by atoms with E-state index in [0.717, 1.165) is 5.56 Å². The molecule has 22 heavy (non-hydrogen) atoms. The zero-order chi connectivity index (χ0) is 16.3. The van der Waals surface area contributed by atoms with Crippen LogP contribution in [0.3, 0.4) is 0 Å². The predicted molar refractivity (Wildman–Crippen MR) is 81.9 cm³/mol. The van der Waals surface area contributed by atoms with E-state index in [2.05, 4.69) is 5.32 Å². The molecule has 1 aliphatic heterocycles. The second-order valence-corrected chi connectivity index (χ2v) is 6.06. The molecule has 1 fully saturated rings. The number of aliphatic hydroxyl groups is 4. The van der Waals surface area contributed by atoms with Gasteiger partial charge in [-0.05, 0) is 17.7 Å². The van der Waals surface area contributed by atoms with E-state index >= 15 is 0 Å². The fraction of sp³-hybridized carbons (Fsp3) is 0.571. The Kier molecular flexibility index (Phi) is 6.43. The summed E-state index contributed by atoms with van der Waals surface area (Å²) in [4.78, 5) is 0. The molecule has 5 N–H and O–H groups in total. The lowest BCUT2D eigenvalue weighted by Crippen LogP contribution is -2.60. The van der Waals surface area contributed by atoms with Crippen LogP contribution < -0.4 is 5.32 Å². The molecule has 1 aromatic rings. The number of benzene rings is 1. The van der Waals surface area contributed by atoms with E-state index in [1.807, 2.05) is 6.07 Å². The van der Waals surface area contributed by atoms with Gasteiger partial charge in [0.15, 0.2) is 0 Å². The van der Waals surface area contributed by atoms with E-state index in [-0.39, 0.29) is 6.54 Å². The van der Waals surface area contributed by atoms with Gasteiger partial charge in [0.05, 0.1) is 22.8 Å². The van der Waals surface area contributed by atoms with Crippen molar-refractivity contribution in [3.63, 3.8) is 0 Å². The van der Waals surface area contributed by atoms with E-state index in [0.29, 0.717) is 16.6 Å². The maximum atomic E-state index is 9.90. The first-order chi connectivity index (χ1) is 10.4. The van der Waals surface area contributed by atoms with Gasteiger partial charge < -0.3 is 30.5 Å². The van der Waals surface area contributed by atoms with Crippen LogP contribution in [0, 0.1) is 0 Å². The van der Waals surface area contributed by atoms with Crippen molar-refractivity contribution in [1.29, 1.82) is 0 Å². The highest BCUT2D eigenvalue weighted by atomic mass is 35.5. The van der Waals surface area contributed by atoms with Crippen molar-refractivity contribution in [3.8, 4) is 0 Å². The third-order valence-corrected chi connectivity index (χ3v) is 4.39. The quantitative estimate of drug-likeness (QED) is 0.508. The molecule has 0 aromatic heterocycles. The summed E-state index contributed by atoms with van der Waals surface area (Å²) in [6.45, 7) is 0.266. The van der Waals surface area contributed by atoms with E-state index in [1.165, 1.54) is 0 Å². The molecule has 0 unspecified atom stereocenters. The largest absolute Gasteiger partial charge is 0.394 e. The van der Waals surface area contributed by atoms with Crippen molar-refractivity contribution in [3.05, 3.63) is 33.8 Å². The van der Waals surface area contributed by atoms with Gasteiger partial charge in [-0.3, -0.25) is 0 Å². The minimum absolute atomic E-state index is 0.238. The standard InChI is InChI=1S/C14H19Cl2NO5/c15-8-2-1-7(3-9(8)16)4-17-5-10-12(19)14(21)13(20)11(6-18)22-10/h1-3,10-14,17-21H,4-6H2/t10-,11+,12-,13+,14+/m0/s1. The van der Waals surface area contributed by atoms with Crippen LogP contribution in [0.25, 0.3) is 0 Å². The number of hydrogen-bond acceptors (Lipinski definition) is 6. The summed E-state index contributed by atoms with van der Waals surface area (Å²) in [7, 11) is 0. The van der Waals surface area contributed by atoms with Gasteiger partial charge in [-0.15, -0.1) is 0 Å². The van der Waals surface area contributed by atoms with Gasteiger partial charge in [0.2, 0.25) is 0 Å². The van der Waals surface area contributed by atoms with Crippen molar-refractivity contribution in [2.24, 2.45) is 0 Å². The molecule has 0 amide bonds. The van der Waals surface area contributed by atoms with Crippen LogP contribution in [0.2, 0.25) is 10.0 Å². The Morgan fingerprint density at radius 2 is 1.68 bits per heavy atom. The topological polar surface area (TPSA) is 102 Å². The fourth-order valence-corrected chi connectivity index (χ4v) is 2.68. The van der Waals surface area contributed by atoms with Gasteiger partial charge in [0, 0.05) is 13.1 Å². The molecular weight excluding hydrogens is 333 g/mol. The van der Waals surface area contributed by atoms with Gasteiger partial charge in [0.25, 0.3) is 0 Å². The molecule has 0 saturated carbocycles. The van der Waals surface area contributed by atoms with E-state index < -0.39 is 37.1 Å². The van der Waals surface area contributed by atoms with Crippen molar-refractivity contribution >= 4 is 23.2 Å². The Hall–Kier alpha value is -0.440. The van der Waals surface area contributed by atoms with Crippen LogP contribution in [0.1, 0.15) is 5.56 Å². The molecule has 124 valence electrons. The summed E-state index contributed by atoms with van der Waals surface area (Å²) in [6.07, 6.45) is -5.57. The van der Waals surface area contributed by atoms with Crippen LogP contribution in [0.5, 0.6) is 0 Å². The van der Waals surface area contributed by atoms with E-state index in [1.54, 1.807) is 12.1 Å². The summed E-state index contributed by atoms with van der Waals surface area (Å²) in [6, 6.07) is 5.23. The molecular formula is C14H19Cl2NO5. The van der Waals surface area contributed by atoms with Gasteiger partial charge in [-0.1, -0.05) is 29.3 Å². The molecule has 1 aromatic carbocycles. The number of nitrogens with one attached hydrogen (secondary N) is 1. The minimum Gasteiger partial charge on any atom is -0.394 e. The fourth-order valence-electron chi connectivity index (χ4n) is 2.36. The summed E-state index contributed by atoms with van der Waals surface area (Å²) in [5.74, 6) is 0. The molecule has 8 heteroatoms. The maximum absolute atomic E-state index is 9.90. The third kappa shape index (κ3) is 4.10. The molecule has 1 saturated heterocycles. The number of hydrogen-bond donors (Lipinski definition) is 5. The van der Waals surface area contributed by atoms with Gasteiger partial charge in [-0.25, -0.2) is 0 Å². The molecule has 5 atom stereocenters. The lowest BCUT2D eigenvalue weighted by molar-refractivity contribution is -0.227. The molecule has 0 spiro atoms. The zero-order valence-electron chi connectivity index (χ0n) is 11.7. The predicted octanol–water partition coefficient (Wildman–Crippen LogP) is -0.0746. The molecule has 0 radical (unpaired) electrons. The van der Waals surface area contributed by atoms with Crippen LogP contribution >= 0.6 is 23.2 Å². The van der Waals surface area contributed by atoms with Crippen LogP contribution in [0.15, 0.2) is 18.2 Å². The van der Waals surface area contributed by atoms with Gasteiger partial charge >= 0.3 is 0 Å². The Bertz CT molecular complexity index is 502. The second-order valence-electron chi connectivity index (χ2n) is 5.25. The zero-order valence-corrected chi connectivity index (χ0v) is 13.2. The molecule has 1 aliphatic rings. The summed E-state index contributed by atoms with van der Waals surface area (Å²) in [5, 5.41) is 42.4. The molecule has 0 bridgehead atoms. The molecule has 2 rings (SSSR count). The van der Waals surface area contributed by atoms with Crippen molar-refractivity contribution in [1.82, 2.24) is 5.32 Å². The Balaban J connectivity index is 1.88. The first-order valence-electron chi connectivity index (χ1n) is 6.89. The normalized spacial score (nSPS) is 32.2. The number of rotatable bonds is 5. The molecule has 0 aliphatic carbocycles. The first-order valence-corrected chi connectivity index (χ1v) is 7.64. The summed E-state index contributed by atoms with van der Waals surface area (Å²) < 4.78 is 5.39. The number of aliphatic hydroxyl groups excluding tert-OH is 4. The minimum atomic E-state index is -1.36. The highest BCUT2D eigenvalue weighted by molar-refractivity contribution is 6.42. The second kappa shape index (κ2) is 7.90. The average Bonchev–Trinajstić information content (AvgIpc) is 2.51. The maximum Gasteiger partial charge on any atom is 0.111 e. The highest BCUT2D eigenvalue weighted by Crippen LogP contribution is 2.23. The molecule has 1 heterocycles. The smallest absolute Gasteiger partial charge is 0.111 e. The Morgan fingerprint density at radius 3 is 2.32 bits per heavy atom. The lowest BCUT2D eigenvalue weighted by Gasteiger charge is -2.40. The highest BCUT2D eigenvalue weighted by Gasteiger charge is 2.42. The summed E-state index contributed by atoms with van der Waals surface area (Å²) >= 11 is 11.8. The Labute approximate surface area is 138 Å². The van der Waals surface area contributed by atoms with Crippen LogP contribution in [0.4, 0.5) is 0 Å². The monoisotopic (exact) mass is 351 g/mol. The van der Waals surface area contributed by atoms with Crippen molar-refractivity contribution < 1.29 is 25.2 Å². The molecule has 6 nitrogen and oxygen atoms in total. The van der Waals surface area contributed by atoms with Crippen molar-refractivity contribution in [2.45, 2.75) is 37.1 Å². The third-order valence-electron chi connectivity index (χ3n) is 3.65. The lowest BCUT2D eigenvalue weighted by atomic mass is 9.95. The van der Waals surface area contributed by atoms with Crippen LogP contribution in [-0.2, 0) is 11.3 Å². The number of ether oxygens (including phenoxy) is 1. The first kappa shape index (κ1) is 17.9. The van der Waals surface area contributed by atoms with Crippen molar-refractivity contribution in [2.75, 3.05) is 13.2 Å². The SMILES string of the molecule is OC[C@H]1O[C@@H](CNCc2ccc(Cl)c(Cl)c2)[C@H](O)[C@@H](O)[C@@H]1O. The van der Waals surface area contributed by atoms with E-state index in [4.69, 9.17) is 33.0 Å². The van der Waals surface area contributed by atoms with Crippen LogP contribution in [-0.4, -0.2) is 64.1 Å².